The number of hydrogen-bond acceptors (Lipinski definition) is 7. The largest absolute Gasteiger partial charge is 0.484 e. The summed E-state index contributed by atoms with van der Waals surface area (Å²) >= 11 is 1.48. The van der Waals surface area contributed by atoms with Crippen molar-refractivity contribution in [1.82, 2.24) is 10.2 Å². The highest BCUT2D eigenvalue weighted by molar-refractivity contribution is 7.99. The van der Waals surface area contributed by atoms with Crippen LogP contribution in [0, 0.1) is 13.8 Å². The lowest BCUT2D eigenvalue weighted by Crippen LogP contribution is -2.00. The van der Waals surface area contributed by atoms with Gasteiger partial charge in [-0.25, -0.2) is 4.79 Å². The summed E-state index contributed by atoms with van der Waals surface area (Å²) < 4.78 is 16.4. The first-order valence-electron chi connectivity index (χ1n) is 7.20. The van der Waals surface area contributed by atoms with Crippen molar-refractivity contribution in [1.29, 1.82) is 0 Å². The molecule has 6 nitrogen and oxygen atoms in total. The number of benzene rings is 1. The van der Waals surface area contributed by atoms with E-state index in [-0.39, 0.29) is 12.2 Å². The van der Waals surface area contributed by atoms with Crippen LogP contribution in [0.4, 0.5) is 0 Å². The minimum absolute atomic E-state index is 0.165. The third-order valence-corrected chi connectivity index (χ3v) is 3.99. The molecule has 0 aliphatic heterocycles. The minimum atomic E-state index is -0.371. The summed E-state index contributed by atoms with van der Waals surface area (Å²) in [4.78, 5) is 11.5. The zero-order valence-electron chi connectivity index (χ0n) is 13.1. The lowest BCUT2D eigenvalue weighted by atomic mass is 10.1. The van der Waals surface area contributed by atoms with Gasteiger partial charge in [0.2, 0.25) is 0 Å². The quantitative estimate of drug-likeness (QED) is 0.523. The molecule has 0 bridgehead atoms. The molecule has 0 saturated heterocycles. The zero-order chi connectivity index (χ0) is 16.4. The summed E-state index contributed by atoms with van der Waals surface area (Å²) in [6, 6.07) is 5.09. The number of aryl methyl sites for hydroxylation is 2. The van der Waals surface area contributed by atoms with Gasteiger partial charge in [-0.05, 0) is 36.8 Å². The van der Waals surface area contributed by atoms with Crippen LogP contribution >= 0.6 is 11.8 Å². The van der Waals surface area contributed by atoms with Gasteiger partial charge in [0.1, 0.15) is 11.3 Å². The molecule has 2 heterocycles. The molecule has 0 unspecified atom stereocenters. The van der Waals surface area contributed by atoms with Crippen molar-refractivity contribution in [3.05, 3.63) is 45.6 Å². The van der Waals surface area contributed by atoms with Gasteiger partial charge in [-0.1, -0.05) is 18.7 Å². The second-order valence-corrected chi connectivity index (χ2v) is 6.26. The summed E-state index contributed by atoms with van der Waals surface area (Å²) in [7, 11) is 0. The molecule has 3 aromatic rings. The van der Waals surface area contributed by atoms with Gasteiger partial charge < -0.3 is 13.6 Å². The van der Waals surface area contributed by atoms with Crippen LogP contribution in [-0.2, 0) is 6.61 Å². The van der Waals surface area contributed by atoms with Gasteiger partial charge in [-0.15, -0.1) is 10.2 Å². The van der Waals surface area contributed by atoms with Gasteiger partial charge in [0, 0.05) is 17.5 Å². The molecule has 120 valence electrons. The molecular weight excluding hydrogens is 316 g/mol. The Morgan fingerprint density at radius 3 is 2.70 bits per heavy atom. The summed E-state index contributed by atoms with van der Waals surface area (Å²) in [5.74, 6) is 1.86. The van der Waals surface area contributed by atoms with E-state index in [0.717, 1.165) is 22.3 Å². The van der Waals surface area contributed by atoms with Gasteiger partial charge in [-0.3, -0.25) is 0 Å². The van der Waals surface area contributed by atoms with E-state index < -0.39 is 0 Å². The van der Waals surface area contributed by atoms with Crippen LogP contribution in [0.15, 0.2) is 37.1 Å². The monoisotopic (exact) mass is 332 g/mol. The predicted molar refractivity (Wildman–Crippen MR) is 87.0 cm³/mol. The van der Waals surface area contributed by atoms with Crippen molar-refractivity contribution in [3.63, 3.8) is 0 Å². The Labute approximate surface area is 136 Å². The number of ether oxygens (including phenoxy) is 1. The first-order valence-corrected chi connectivity index (χ1v) is 8.18. The number of rotatable bonds is 5. The van der Waals surface area contributed by atoms with Crippen molar-refractivity contribution in [2.45, 2.75) is 32.6 Å². The minimum Gasteiger partial charge on any atom is -0.484 e. The van der Waals surface area contributed by atoms with Crippen molar-refractivity contribution in [2.75, 3.05) is 5.75 Å². The van der Waals surface area contributed by atoms with Crippen molar-refractivity contribution in [2.24, 2.45) is 0 Å². The van der Waals surface area contributed by atoms with Gasteiger partial charge in [0.25, 0.3) is 11.1 Å². The van der Waals surface area contributed by atoms with E-state index in [1.807, 2.05) is 26.8 Å². The Kier molecular flexibility index (Phi) is 4.38. The highest BCUT2D eigenvalue weighted by atomic mass is 32.2. The Morgan fingerprint density at radius 2 is 1.91 bits per heavy atom. The fourth-order valence-electron chi connectivity index (χ4n) is 2.40. The van der Waals surface area contributed by atoms with Crippen molar-refractivity contribution in [3.8, 4) is 5.75 Å². The molecule has 0 spiro atoms. The lowest BCUT2D eigenvalue weighted by molar-refractivity contribution is 0.252. The smallest absolute Gasteiger partial charge is 0.336 e. The summed E-state index contributed by atoms with van der Waals surface area (Å²) in [6.45, 7) is 6.01. The third-order valence-electron chi connectivity index (χ3n) is 3.29. The van der Waals surface area contributed by atoms with E-state index in [2.05, 4.69) is 10.2 Å². The molecule has 1 aromatic carbocycles. The number of thioether (sulfide) groups is 1. The van der Waals surface area contributed by atoms with E-state index in [0.29, 0.717) is 22.4 Å². The summed E-state index contributed by atoms with van der Waals surface area (Å²) in [6.07, 6.45) is 0. The van der Waals surface area contributed by atoms with Crippen LogP contribution in [0.3, 0.4) is 0 Å². The Hall–Kier alpha value is -2.28. The molecule has 3 rings (SSSR count). The molecular formula is C16H16N2O4S. The maximum absolute atomic E-state index is 11.5. The van der Waals surface area contributed by atoms with Gasteiger partial charge >= 0.3 is 5.63 Å². The molecule has 0 aliphatic rings. The zero-order valence-corrected chi connectivity index (χ0v) is 13.9. The molecule has 0 atom stereocenters. The molecule has 0 saturated carbocycles. The van der Waals surface area contributed by atoms with Crippen LogP contribution in [0.5, 0.6) is 5.75 Å². The van der Waals surface area contributed by atoms with E-state index in [9.17, 15) is 4.79 Å². The summed E-state index contributed by atoms with van der Waals surface area (Å²) in [5, 5.41) is 9.30. The second kappa shape index (κ2) is 6.45. The molecule has 23 heavy (non-hydrogen) atoms. The van der Waals surface area contributed by atoms with Crippen molar-refractivity contribution < 1.29 is 13.6 Å². The van der Waals surface area contributed by atoms with Crippen LogP contribution in [0.25, 0.3) is 11.0 Å². The number of aromatic nitrogens is 2. The molecule has 0 N–H and O–H groups in total. The lowest BCUT2D eigenvalue weighted by Gasteiger charge is -2.08. The third kappa shape index (κ3) is 3.39. The van der Waals surface area contributed by atoms with Crippen molar-refractivity contribution >= 4 is 22.7 Å². The molecule has 0 aliphatic carbocycles. The van der Waals surface area contributed by atoms with Crippen LogP contribution < -0.4 is 10.4 Å². The predicted octanol–water partition coefficient (Wildman–Crippen LogP) is 3.48. The van der Waals surface area contributed by atoms with E-state index >= 15 is 0 Å². The van der Waals surface area contributed by atoms with E-state index in [1.54, 1.807) is 6.07 Å². The van der Waals surface area contributed by atoms with Crippen LogP contribution in [0.1, 0.15) is 23.9 Å². The Balaban J connectivity index is 1.84. The van der Waals surface area contributed by atoms with Gasteiger partial charge in [0.05, 0.1) is 0 Å². The highest BCUT2D eigenvalue weighted by Gasteiger charge is 2.10. The number of fused-ring (bicyclic) bond motifs is 1. The van der Waals surface area contributed by atoms with E-state index in [4.69, 9.17) is 13.6 Å². The first-order chi connectivity index (χ1) is 11.1. The molecule has 0 radical (unpaired) electrons. The average molecular weight is 332 g/mol. The number of hydrogen-bond donors (Lipinski definition) is 0. The second-order valence-electron chi connectivity index (χ2n) is 5.05. The SMILES string of the molecule is CCSc1nnc(COc2cc(C)c3c(C)cc(=O)oc3c2)o1. The molecule has 2 aromatic heterocycles. The maximum atomic E-state index is 11.5. The van der Waals surface area contributed by atoms with Gasteiger partial charge in [-0.2, -0.15) is 0 Å². The standard InChI is InChI=1S/C16H16N2O4S/c1-4-23-16-18-17-13(22-16)8-20-11-5-9(2)15-10(3)6-14(19)21-12(15)7-11/h5-7H,4,8H2,1-3H3. The Bertz CT molecular complexity index is 901. The fraction of sp³-hybridized carbons (Fsp3) is 0.312. The normalized spacial score (nSPS) is 11.1. The average Bonchev–Trinajstić information content (AvgIpc) is 2.92. The maximum Gasteiger partial charge on any atom is 0.336 e. The van der Waals surface area contributed by atoms with Crippen LogP contribution in [-0.4, -0.2) is 16.0 Å². The first kappa shape index (κ1) is 15.6. The number of nitrogens with zero attached hydrogens (tertiary/aromatic N) is 2. The van der Waals surface area contributed by atoms with Crippen LogP contribution in [0.2, 0.25) is 0 Å². The molecule has 7 heteroatoms. The Morgan fingerprint density at radius 1 is 1.13 bits per heavy atom. The van der Waals surface area contributed by atoms with Gasteiger partial charge in [0.15, 0.2) is 6.61 Å². The topological polar surface area (TPSA) is 78.4 Å². The fourth-order valence-corrected chi connectivity index (χ4v) is 2.90. The molecule has 0 amide bonds. The molecule has 0 fully saturated rings. The summed E-state index contributed by atoms with van der Waals surface area (Å²) in [5.41, 5.74) is 2.01. The van der Waals surface area contributed by atoms with E-state index in [1.165, 1.54) is 17.8 Å². The highest BCUT2D eigenvalue weighted by Crippen LogP contribution is 2.27.